The Bertz CT molecular complexity index is 1440. The first kappa shape index (κ1) is 37.3. The zero-order valence-electron chi connectivity index (χ0n) is 29.4. The summed E-state index contributed by atoms with van der Waals surface area (Å²) in [4.78, 5) is 53.1. The van der Waals surface area contributed by atoms with E-state index in [9.17, 15) is 29.4 Å². The molecule has 2 saturated carbocycles. The molecule has 0 heterocycles. The third-order valence-electron chi connectivity index (χ3n) is 10.9. The Morgan fingerprint density at radius 3 is 2.10 bits per heavy atom. The van der Waals surface area contributed by atoms with Crippen LogP contribution in [0.4, 0.5) is 0 Å². The van der Waals surface area contributed by atoms with Gasteiger partial charge in [-0.3, -0.25) is 19.2 Å². The van der Waals surface area contributed by atoms with E-state index in [-0.39, 0.29) is 18.9 Å². The minimum atomic E-state index is -1.21. The number of carbonyl (C=O) groups is 4. The van der Waals surface area contributed by atoms with Crippen LogP contribution in [-0.2, 0) is 38.1 Å². The second-order valence-electron chi connectivity index (χ2n) is 14.3. The van der Waals surface area contributed by atoms with E-state index < -0.39 is 83.7 Å². The summed E-state index contributed by atoms with van der Waals surface area (Å²) in [6.45, 7) is 13.1. The smallest absolute Gasteiger partial charge is 0.308 e. The van der Waals surface area contributed by atoms with Crippen LogP contribution in [0.25, 0.3) is 0 Å². The Morgan fingerprint density at radius 1 is 0.958 bits per heavy atom. The fourth-order valence-corrected chi connectivity index (χ4v) is 8.61. The highest BCUT2D eigenvalue weighted by Gasteiger charge is 2.64. The maximum atomic E-state index is 13.5. The van der Waals surface area contributed by atoms with E-state index in [2.05, 4.69) is 6.58 Å². The van der Waals surface area contributed by atoms with Crippen LogP contribution in [0.3, 0.4) is 0 Å². The second-order valence-corrected chi connectivity index (χ2v) is 14.3. The number of fused-ring (bicyclic) bond motifs is 3. The van der Waals surface area contributed by atoms with Gasteiger partial charge in [-0.2, -0.15) is 0 Å². The quantitative estimate of drug-likeness (QED) is 0.223. The summed E-state index contributed by atoms with van der Waals surface area (Å²) in [7, 11) is 3.79. The number of benzene rings is 1. The molecule has 0 amide bonds. The molecule has 3 aliphatic rings. The fourth-order valence-electron chi connectivity index (χ4n) is 8.61. The third kappa shape index (κ3) is 7.09. The van der Waals surface area contributed by atoms with Crippen molar-refractivity contribution in [3.8, 4) is 0 Å². The average molecular weight is 670 g/mol. The summed E-state index contributed by atoms with van der Waals surface area (Å²) in [6, 6.07) is 9.43. The van der Waals surface area contributed by atoms with E-state index in [0.717, 1.165) is 5.56 Å². The summed E-state index contributed by atoms with van der Waals surface area (Å²) in [5.74, 6) is -3.79. The summed E-state index contributed by atoms with van der Waals surface area (Å²) in [5.41, 5.74) is 0.180. The molecule has 0 radical (unpaired) electrons. The molecular formula is C37H51NO10. The first-order valence-electron chi connectivity index (χ1n) is 16.6. The highest BCUT2D eigenvalue weighted by Crippen LogP contribution is 2.60. The van der Waals surface area contributed by atoms with Crippen molar-refractivity contribution in [2.45, 2.75) is 104 Å². The Labute approximate surface area is 283 Å². The molecule has 2 bridgehead atoms. The molecule has 11 heteroatoms. The van der Waals surface area contributed by atoms with Gasteiger partial charge in [0.05, 0.1) is 19.1 Å². The van der Waals surface area contributed by atoms with Gasteiger partial charge in [0, 0.05) is 49.5 Å². The molecule has 264 valence electrons. The number of aliphatic hydroxyl groups excluding tert-OH is 2. The predicted molar refractivity (Wildman–Crippen MR) is 176 cm³/mol. The van der Waals surface area contributed by atoms with Crippen molar-refractivity contribution in [2.24, 2.45) is 22.7 Å². The monoisotopic (exact) mass is 669 g/mol. The Balaban J connectivity index is 1.81. The summed E-state index contributed by atoms with van der Waals surface area (Å²) in [6.07, 6.45) is -4.19. The van der Waals surface area contributed by atoms with E-state index in [1.54, 1.807) is 13.8 Å². The molecule has 1 aromatic rings. The van der Waals surface area contributed by atoms with E-state index in [1.165, 1.54) is 20.8 Å². The van der Waals surface area contributed by atoms with E-state index in [0.29, 0.717) is 29.6 Å². The number of carbonyl (C=O) groups excluding carboxylic acids is 4. The minimum Gasteiger partial charge on any atom is -0.458 e. The van der Waals surface area contributed by atoms with Crippen LogP contribution in [-0.4, -0.2) is 90.2 Å². The molecule has 0 saturated heterocycles. The number of rotatable bonds is 9. The molecule has 0 spiro atoms. The molecule has 3 aliphatic carbocycles. The van der Waals surface area contributed by atoms with Gasteiger partial charge in [0.1, 0.15) is 18.3 Å². The van der Waals surface area contributed by atoms with Gasteiger partial charge in [-0.25, -0.2) is 0 Å². The van der Waals surface area contributed by atoms with Crippen molar-refractivity contribution in [3.63, 3.8) is 0 Å². The first-order valence-corrected chi connectivity index (χ1v) is 16.6. The molecule has 2 N–H and O–H groups in total. The van der Waals surface area contributed by atoms with Gasteiger partial charge in [0.25, 0.3) is 0 Å². The molecule has 0 aliphatic heterocycles. The summed E-state index contributed by atoms with van der Waals surface area (Å²) in [5, 5.41) is 23.5. The van der Waals surface area contributed by atoms with Crippen molar-refractivity contribution in [1.29, 1.82) is 0 Å². The fraction of sp³-hybridized carbons (Fsp3) is 0.622. The molecule has 0 unspecified atom stereocenters. The molecule has 48 heavy (non-hydrogen) atoms. The van der Waals surface area contributed by atoms with Crippen LogP contribution in [0.5, 0.6) is 0 Å². The van der Waals surface area contributed by atoms with Gasteiger partial charge in [0.15, 0.2) is 6.10 Å². The molecule has 0 aromatic heterocycles. The Morgan fingerprint density at radius 2 is 1.56 bits per heavy atom. The first-order chi connectivity index (χ1) is 22.5. The van der Waals surface area contributed by atoms with Crippen molar-refractivity contribution in [1.82, 2.24) is 4.90 Å². The Kier molecular flexibility index (Phi) is 11.3. The molecule has 1 aromatic carbocycles. The number of aliphatic hydroxyl groups is 2. The zero-order valence-corrected chi connectivity index (χ0v) is 29.4. The summed E-state index contributed by atoms with van der Waals surface area (Å²) < 4.78 is 23.9. The van der Waals surface area contributed by atoms with E-state index in [1.807, 2.05) is 56.3 Å². The van der Waals surface area contributed by atoms with Gasteiger partial charge < -0.3 is 34.1 Å². The van der Waals surface area contributed by atoms with Gasteiger partial charge in [-0.15, -0.1) is 0 Å². The Hall–Kier alpha value is -3.54. The van der Waals surface area contributed by atoms with Crippen LogP contribution in [0.2, 0.25) is 0 Å². The third-order valence-corrected chi connectivity index (χ3v) is 10.9. The van der Waals surface area contributed by atoms with E-state index >= 15 is 0 Å². The SMILES string of the molecule is C=C1[C@H](OC(=O)C[C@@H](c2ccccc2)N(C)C)CC[C@@]2(C)[C@@H](OC(C)=O)[C@H](OC(C)=O)C3=C(C)[C@@H](OC(C)=O)C[C@@H]([C@H](O)[C@H]12)[C@]3(C)CO. The topological polar surface area (TPSA) is 149 Å². The lowest BCUT2D eigenvalue weighted by Crippen LogP contribution is -2.64. The highest BCUT2D eigenvalue weighted by atomic mass is 16.6. The van der Waals surface area contributed by atoms with E-state index in [4.69, 9.17) is 18.9 Å². The lowest BCUT2D eigenvalue weighted by atomic mass is 9.49. The highest BCUT2D eigenvalue weighted by molar-refractivity contribution is 5.71. The second kappa shape index (κ2) is 14.5. The maximum absolute atomic E-state index is 13.5. The largest absolute Gasteiger partial charge is 0.458 e. The van der Waals surface area contributed by atoms with Gasteiger partial charge >= 0.3 is 23.9 Å². The number of hydrogen-bond donors (Lipinski definition) is 2. The predicted octanol–water partition coefficient (Wildman–Crippen LogP) is 4.07. The standard InChI is InChI=1S/C37H51NO10/c1-20-28(48-30(43)18-27(38(8)9)25-13-11-10-12-14-25)15-16-36(6)31(20)33(44)26-17-29(45-22(3)40)21(2)32(37(26,7)19-39)34(46-23(4)41)35(36)47-24(5)42/h10-14,26-29,31,33-35,39,44H,1,15-19H2,2-9H3/t26-,27-,28+,29-,31-,33-,34+,35-,36+,37-/m0/s1. The van der Waals surface area contributed by atoms with Crippen LogP contribution >= 0.6 is 0 Å². The zero-order chi connectivity index (χ0) is 35.7. The van der Waals surface area contributed by atoms with Crippen LogP contribution < -0.4 is 0 Å². The number of nitrogens with zero attached hydrogens (tertiary/aromatic N) is 1. The molecule has 4 rings (SSSR count). The molecule has 2 fully saturated rings. The minimum absolute atomic E-state index is 0.0819. The van der Waals surface area contributed by atoms with Crippen molar-refractivity contribution < 1.29 is 48.3 Å². The van der Waals surface area contributed by atoms with Crippen molar-refractivity contribution in [3.05, 3.63) is 59.2 Å². The normalized spacial score (nSPS) is 33.9. The van der Waals surface area contributed by atoms with Gasteiger partial charge in [-0.05, 0) is 62.6 Å². The number of esters is 4. The number of hydrogen-bond acceptors (Lipinski definition) is 11. The van der Waals surface area contributed by atoms with Crippen molar-refractivity contribution >= 4 is 23.9 Å². The summed E-state index contributed by atoms with van der Waals surface area (Å²) >= 11 is 0. The molecular weight excluding hydrogens is 618 g/mol. The maximum Gasteiger partial charge on any atom is 0.308 e. The van der Waals surface area contributed by atoms with Gasteiger partial charge in [0.2, 0.25) is 0 Å². The van der Waals surface area contributed by atoms with Gasteiger partial charge in [-0.1, -0.05) is 50.8 Å². The molecule has 10 atom stereocenters. The average Bonchev–Trinajstić information content (AvgIpc) is 3.00. The number of ether oxygens (including phenoxy) is 4. The molecule has 11 nitrogen and oxygen atoms in total. The van der Waals surface area contributed by atoms with Crippen LogP contribution in [0, 0.1) is 22.7 Å². The lowest BCUT2D eigenvalue weighted by Gasteiger charge is -2.60. The van der Waals surface area contributed by atoms with Crippen LogP contribution in [0.1, 0.15) is 78.8 Å². The van der Waals surface area contributed by atoms with Crippen LogP contribution in [0.15, 0.2) is 53.6 Å². The lowest BCUT2D eigenvalue weighted by molar-refractivity contribution is -0.201. The van der Waals surface area contributed by atoms with Crippen molar-refractivity contribution in [2.75, 3.05) is 20.7 Å².